The summed E-state index contributed by atoms with van der Waals surface area (Å²) in [6.07, 6.45) is 2.84. The maximum absolute atomic E-state index is 5.96. The smallest absolute Gasteiger partial charge is 0.124 e. The van der Waals surface area contributed by atoms with Crippen LogP contribution in [0.15, 0.2) is 6.20 Å². The Kier molecular flexibility index (Phi) is 2.46. The second-order valence-electron chi connectivity index (χ2n) is 4.07. The van der Waals surface area contributed by atoms with E-state index < -0.39 is 0 Å². The predicted octanol–water partition coefficient (Wildman–Crippen LogP) is 1.37. The zero-order chi connectivity index (χ0) is 10.1. The summed E-state index contributed by atoms with van der Waals surface area (Å²) >= 11 is 0. The largest absolute Gasteiger partial charge is 0.384 e. The van der Waals surface area contributed by atoms with Gasteiger partial charge in [0.25, 0.3) is 0 Å². The Bertz CT molecular complexity index is 321. The molecule has 78 valence electrons. The second kappa shape index (κ2) is 3.61. The predicted molar refractivity (Wildman–Crippen MR) is 55.0 cm³/mol. The maximum atomic E-state index is 5.96. The lowest BCUT2D eigenvalue weighted by atomic mass is 9.98. The molecule has 1 aliphatic heterocycles. The molecule has 1 aromatic rings. The van der Waals surface area contributed by atoms with Crippen molar-refractivity contribution in [2.75, 3.05) is 18.9 Å². The van der Waals surface area contributed by atoms with Gasteiger partial charge in [-0.25, -0.2) is 4.68 Å². The fraction of sp³-hybridized carbons (Fsp3) is 0.700. The van der Waals surface area contributed by atoms with Crippen LogP contribution in [0.5, 0.6) is 0 Å². The van der Waals surface area contributed by atoms with Crippen LogP contribution in [0, 0.1) is 12.8 Å². The Morgan fingerprint density at radius 2 is 2.43 bits per heavy atom. The van der Waals surface area contributed by atoms with E-state index in [9.17, 15) is 0 Å². The third kappa shape index (κ3) is 1.50. The van der Waals surface area contributed by atoms with E-state index in [1.54, 1.807) is 0 Å². The molecular weight excluding hydrogens is 178 g/mol. The van der Waals surface area contributed by atoms with Crippen molar-refractivity contribution in [2.24, 2.45) is 5.92 Å². The van der Waals surface area contributed by atoms with Crippen LogP contribution in [-0.4, -0.2) is 23.0 Å². The van der Waals surface area contributed by atoms with Crippen molar-refractivity contribution >= 4 is 5.82 Å². The van der Waals surface area contributed by atoms with Gasteiger partial charge in [-0.3, -0.25) is 0 Å². The quantitative estimate of drug-likeness (QED) is 0.736. The van der Waals surface area contributed by atoms with Crippen molar-refractivity contribution in [3.63, 3.8) is 0 Å². The van der Waals surface area contributed by atoms with Gasteiger partial charge in [-0.1, -0.05) is 6.92 Å². The first-order valence-corrected chi connectivity index (χ1v) is 5.07. The van der Waals surface area contributed by atoms with Gasteiger partial charge in [0.05, 0.1) is 18.8 Å². The van der Waals surface area contributed by atoms with Gasteiger partial charge in [0.15, 0.2) is 0 Å². The third-order valence-corrected chi connectivity index (χ3v) is 2.94. The van der Waals surface area contributed by atoms with Crippen LogP contribution >= 0.6 is 0 Å². The summed E-state index contributed by atoms with van der Waals surface area (Å²) in [7, 11) is 0. The van der Waals surface area contributed by atoms with E-state index in [4.69, 9.17) is 10.5 Å². The fourth-order valence-electron chi connectivity index (χ4n) is 1.95. The van der Waals surface area contributed by atoms with Crippen LogP contribution in [0.2, 0.25) is 0 Å². The average molecular weight is 195 g/mol. The topological polar surface area (TPSA) is 53.1 Å². The Labute approximate surface area is 84.0 Å². The number of nitrogens with zero attached hydrogens (tertiary/aromatic N) is 2. The number of rotatable bonds is 1. The second-order valence-corrected chi connectivity index (χ2v) is 4.07. The highest BCUT2D eigenvalue weighted by Crippen LogP contribution is 2.28. The minimum Gasteiger partial charge on any atom is -0.384 e. The maximum Gasteiger partial charge on any atom is 0.124 e. The number of nitrogens with two attached hydrogens (primary N) is 1. The van der Waals surface area contributed by atoms with Crippen molar-refractivity contribution in [2.45, 2.75) is 26.3 Å². The summed E-state index contributed by atoms with van der Waals surface area (Å²) < 4.78 is 7.35. The molecule has 2 heterocycles. The lowest BCUT2D eigenvalue weighted by molar-refractivity contribution is 0.0257. The van der Waals surface area contributed by atoms with E-state index in [2.05, 4.69) is 12.0 Å². The van der Waals surface area contributed by atoms with E-state index in [0.29, 0.717) is 12.0 Å². The van der Waals surface area contributed by atoms with Gasteiger partial charge < -0.3 is 10.5 Å². The van der Waals surface area contributed by atoms with Gasteiger partial charge in [0.2, 0.25) is 0 Å². The first-order valence-electron chi connectivity index (χ1n) is 5.07. The molecule has 0 aliphatic carbocycles. The van der Waals surface area contributed by atoms with Crippen molar-refractivity contribution in [3.05, 3.63) is 11.8 Å². The molecule has 0 amide bonds. The fourth-order valence-corrected chi connectivity index (χ4v) is 1.95. The van der Waals surface area contributed by atoms with Crippen LogP contribution in [-0.2, 0) is 4.74 Å². The Hall–Kier alpha value is -1.03. The Morgan fingerprint density at radius 1 is 1.64 bits per heavy atom. The molecule has 2 unspecified atom stereocenters. The molecule has 1 fully saturated rings. The molecule has 4 nitrogen and oxygen atoms in total. The molecule has 1 aliphatic rings. The number of aryl methyl sites for hydroxylation is 1. The number of aromatic nitrogens is 2. The standard InChI is InChI=1S/C10H17N3O/c1-7-5-12-13(10(7)11)9-3-4-14-6-8(9)2/h5,8-9H,3-4,6,11H2,1-2H3. The number of ether oxygens (including phenoxy) is 1. The van der Waals surface area contributed by atoms with Crippen molar-refractivity contribution < 1.29 is 4.74 Å². The van der Waals surface area contributed by atoms with Crippen LogP contribution in [0.4, 0.5) is 5.82 Å². The minimum absolute atomic E-state index is 0.400. The number of anilines is 1. The normalized spacial score (nSPS) is 27.9. The highest BCUT2D eigenvalue weighted by molar-refractivity contribution is 5.37. The lowest BCUT2D eigenvalue weighted by Gasteiger charge is -2.29. The monoisotopic (exact) mass is 195 g/mol. The molecule has 0 aromatic carbocycles. The van der Waals surface area contributed by atoms with E-state index in [-0.39, 0.29) is 0 Å². The van der Waals surface area contributed by atoms with E-state index in [1.165, 1.54) is 0 Å². The Balaban J connectivity index is 2.24. The Morgan fingerprint density at radius 3 is 3.00 bits per heavy atom. The van der Waals surface area contributed by atoms with Gasteiger partial charge in [-0.05, 0) is 13.3 Å². The molecule has 1 aromatic heterocycles. The van der Waals surface area contributed by atoms with Crippen molar-refractivity contribution in [1.29, 1.82) is 0 Å². The lowest BCUT2D eigenvalue weighted by Crippen LogP contribution is -2.29. The highest BCUT2D eigenvalue weighted by atomic mass is 16.5. The molecule has 14 heavy (non-hydrogen) atoms. The van der Waals surface area contributed by atoms with Gasteiger partial charge in [0, 0.05) is 18.1 Å². The summed E-state index contributed by atoms with van der Waals surface area (Å²) in [6, 6.07) is 0.400. The molecule has 2 rings (SSSR count). The molecule has 2 N–H and O–H groups in total. The van der Waals surface area contributed by atoms with Crippen LogP contribution in [0.1, 0.15) is 24.9 Å². The highest BCUT2D eigenvalue weighted by Gasteiger charge is 2.25. The molecular formula is C10H17N3O. The van der Waals surface area contributed by atoms with E-state index >= 15 is 0 Å². The third-order valence-electron chi connectivity index (χ3n) is 2.94. The van der Waals surface area contributed by atoms with Gasteiger partial charge >= 0.3 is 0 Å². The zero-order valence-electron chi connectivity index (χ0n) is 8.73. The van der Waals surface area contributed by atoms with Gasteiger partial charge in [-0.2, -0.15) is 5.10 Å². The van der Waals surface area contributed by atoms with Crippen LogP contribution < -0.4 is 5.73 Å². The number of hydrogen-bond donors (Lipinski definition) is 1. The first-order chi connectivity index (χ1) is 6.70. The number of hydrogen-bond acceptors (Lipinski definition) is 3. The molecule has 4 heteroatoms. The molecule has 1 saturated heterocycles. The molecule has 0 spiro atoms. The summed E-state index contributed by atoms with van der Waals surface area (Å²) in [4.78, 5) is 0. The van der Waals surface area contributed by atoms with E-state index in [1.807, 2.05) is 17.8 Å². The first kappa shape index (κ1) is 9.52. The molecule has 0 radical (unpaired) electrons. The van der Waals surface area contributed by atoms with Crippen molar-refractivity contribution in [1.82, 2.24) is 9.78 Å². The molecule has 2 atom stereocenters. The minimum atomic E-state index is 0.400. The molecule has 0 bridgehead atoms. The van der Waals surface area contributed by atoms with Gasteiger partial charge in [-0.15, -0.1) is 0 Å². The van der Waals surface area contributed by atoms with E-state index in [0.717, 1.165) is 31.0 Å². The summed E-state index contributed by atoms with van der Waals surface area (Å²) in [6.45, 7) is 5.79. The van der Waals surface area contributed by atoms with Crippen LogP contribution in [0.3, 0.4) is 0 Å². The van der Waals surface area contributed by atoms with Gasteiger partial charge in [0.1, 0.15) is 5.82 Å². The summed E-state index contributed by atoms with van der Waals surface area (Å²) in [5.41, 5.74) is 7.01. The summed E-state index contributed by atoms with van der Waals surface area (Å²) in [5, 5.41) is 4.33. The summed E-state index contributed by atoms with van der Waals surface area (Å²) in [5.74, 6) is 1.29. The number of nitrogen functional groups attached to an aromatic ring is 1. The zero-order valence-corrected chi connectivity index (χ0v) is 8.73. The van der Waals surface area contributed by atoms with Crippen LogP contribution in [0.25, 0.3) is 0 Å². The average Bonchev–Trinajstić information content (AvgIpc) is 2.49. The molecule has 0 saturated carbocycles. The SMILES string of the molecule is Cc1cnn(C2CCOCC2C)c1N. The van der Waals surface area contributed by atoms with Crippen molar-refractivity contribution in [3.8, 4) is 0 Å².